The maximum Gasteiger partial charge on any atom is 0.0410 e. The van der Waals surface area contributed by atoms with Crippen LogP contribution in [0.25, 0.3) is 0 Å². The van der Waals surface area contributed by atoms with Crippen LogP contribution in [0.3, 0.4) is 0 Å². The topological polar surface area (TPSA) is 12.9 Å². The van der Waals surface area contributed by atoms with Crippen molar-refractivity contribution in [2.24, 2.45) is 0 Å². The lowest BCUT2D eigenvalue weighted by atomic mass is 10.1. The van der Waals surface area contributed by atoms with Crippen molar-refractivity contribution in [2.45, 2.75) is 24.5 Å². The molecule has 17 heavy (non-hydrogen) atoms. The van der Waals surface area contributed by atoms with Crippen LogP contribution in [0.2, 0.25) is 0 Å². The fourth-order valence-electron chi connectivity index (χ4n) is 1.51. The Labute approximate surface area is 115 Å². The summed E-state index contributed by atoms with van der Waals surface area (Å²) in [6, 6.07) is 8.71. The molecule has 0 aliphatic carbocycles. The molecule has 0 atom stereocenters. The number of hydrogen-bond donors (Lipinski definition) is 0. The number of nitrogens with zero attached hydrogens (tertiary/aromatic N) is 1. The summed E-state index contributed by atoms with van der Waals surface area (Å²) in [6.45, 7) is 4.29. The summed E-state index contributed by atoms with van der Waals surface area (Å²) in [4.78, 5) is 5.48. The van der Waals surface area contributed by atoms with Gasteiger partial charge in [0.25, 0.3) is 0 Å². The minimum atomic E-state index is 0.953. The maximum atomic E-state index is 4.17. The van der Waals surface area contributed by atoms with Crippen LogP contribution >= 0.6 is 27.7 Å². The molecule has 1 nitrogen and oxygen atoms in total. The lowest BCUT2D eigenvalue weighted by molar-refractivity contribution is 1.23. The van der Waals surface area contributed by atoms with Gasteiger partial charge in [-0.15, -0.1) is 11.8 Å². The third-order valence-corrected chi connectivity index (χ3v) is 4.14. The van der Waals surface area contributed by atoms with Crippen molar-refractivity contribution >= 4 is 27.7 Å². The molecule has 0 saturated carbocycles. The van der Waals surface area contributed by atoms with E-state index in [2.05, 4.69) is 59.0 Å². The van der Waals surface area contributed by atoms with E-state index < -0.39 is 0 Å². The highest BCUT2D eigenvalue weighted by Crippen LogP contribution is 2.25. The molecule has 1 aromatic carbocycles. The fraction of sp³-hybridized carbons (Fsp3) is 0.214. The molecule has 0 N–H and O–H groups in total. The fourth-order valence-corrected chi connectivity index (χ4v) is 2.83. The first-order valence-electron chi connectivity index (χ1n) is 5.44. The molecule has 0 saturated heterocycles. The molecule has 0 amide bonds. The van der Waals surface area contributed by atoms with Crippen molar-refractivity contribution in [2.75, 3.05) is 0 Å². The van der Waals surface area contributed by atoms with E-state index in [0.717, 1.165) is 10.2 Å². The molecular weight excluding hydrogens is 294 g/mol. The number of aromatic nitrogens is 1. The molecule has 2 aromatic rings. The number of rotatable bonds is 3. The lowest BCUT2D eigenvalue weighted by Crippen LogP contribution is -1.85. The van der Waals surface area contributed by atoms with Gasteiger partial charge in [0.2, 0.25) is 0 Å². The van der Waals surface area contributed by atoms with Gasteiger partial charge in [-0.1, -0.05) is 6.07 Å². The first kappa shape index (κ1) is 12.7. The largest absolute Gasteiger partial charge is 0.263 e. The molecule has 0 aliphatic heterocycles. The van der Waals surface area contributed by atoms with E-state index in [1.165, 1.54) is 21.6 Å². The van der Waals surface area contributed by atoms with E-state index >= 15 is 0 Å². The Kier molecular flexibility index (Phi) is 4.24. The Morgan fingerprint density at radius 3 is 2.65 bits per heavy atom. The van der Waals surface area contributed by atoms with E-state index in [9.17, 15) is 0 Å². The number of pyridine rings is 1. The summed E-state index contributed by atoms with van der Waals surface area (Å²) in [5.74, 6) is 0.953. The van der Waals surface area contributed by atoms with Crippen LogP contribution in [0.15, 0.2) is 46.0 Å². The number of hydrogen-bond acceptors (Lipinski definition) is 2. The van der Waals surface area contributed by atoms with Crippen LogP contribution in [0.5, 0.6) is 0 Å². The SMILES string of the molecule is Cc1ccc(SCc2cncc(Br)c2)cc1C. The van der Waals surface area contributed by atoms with Crippen molar-refractivity contribution in [1.82, 2.24) is 4.98 Å². The van der Waals surface area contributed by atoms with Gasteiger partial charge >= 0.3 is 0 Å². The summed E-state index contributed by atoms with van der Waals surface area (Å²) in [7, 11) is 0. The molecule has 88 valence electrons. The predicted molar refractivity (Wildman–Crippen MR) is 77.4 cm³/mol. The molecule has 2 rings (SSSR count). The van der Waals surface area contributed by atoms with Crippen molar-refractivity contribution in [1.29, 1.82) is 0 Å². The van der Waals surface area contributed by atoms with Crippen LogP contribution in [0.4, 0.5) is 0 Å². The van der Waals surface area contributed by atoms with Crippen LogP contribution < -0.4 is 0 Å². The highest BCUT2D eigenvalue weighted by atomic mass is 79.9. The van der Waals surface area contributed by atoms with Gasteiger partial charge in [0, 0.05) is 27.5 Å². The second-order valence-electron chi connectivity index (χ2n) is 4.05. The molecule has 0 fully saturated rings. The Morgan fingerprint density at radius 2 is 1.94 bits per heavy atom. The summed E-state index contributed by atoms with van der Waals surface area (Å²) in [5, 5.41) is 0. The summed E-state index contributed by atoms with van der Waals surface area (Å²) >= 11 is 5.28. The summed E-state index contributed by atoms with van der Waals surface area (Å²) in [5.41, 5.74) is 3.93. The summed E-state index contributed by atoms with van der Waals surface area (Å²) in [6.07, 6.45) is 3.73. The third kappa shape index (κ3) is 3.58. The quantitative estimate of drug-likeness (QED) is 0.759. The molecule has 0 radical (unpaired) electrons. The van der Waals surface area contributed by atoms with Gasteiger partial charge < -0.3 is 0 Å². The molecule has 1 aromatic heterocycles. The lowest BCUT2D eigenvalue weighted by Gasteiger charge is -2.05. The van der Waals surface area contributed by atoms with Gasteiger partial charge in [0.1, 0.15) is 0 Å². The van der Waals surface area contributed by atoms with E-state index in [4.69, 9.17) is 0 Å². The Morgan fingerprint density at radius 1 is 1.12 bits per heavy atom. The monoisotopic (exact) mass is 307 g/mol. The number of aryl methyl sites for hydroxylation is 2. The Balaban J connectivity index is 2.05. The molecule has 0 bridgehead atoms. The van der Waals surface area contributed by atoms with E-state index in [-0.39, 0.29) is 0 Å². The first-order chi connectivity index (χ1) is 8.15. The molecule has 0 unspecified atom stereocenters. The summed E-state index contributed by atoms with van der Waals surface area (Å²) < 4.78 is 1.04. The Hall–Kier alpha value is -0.800. The zero-order valence-corrected chi connectivity index (χ0v) is 12.3. The first-order valence-corrected chi connectivity index (χ1v) is 7.22. The number of thioether (sulfide) groups is 1. The van der Waals surface area contributed by atoms with Crippen molar-refractivity contribution in [3.63, 3.8) is 0 Å². The minimum absolute atomic E-state index is 0.953. The van der Waals surface area contributed by atoms with Crippen LogP contribution in [-0.2, 0) is 5.75 Å². The van der Waals surface area contributed by atoms with Gasteiger partial charge in [-0.2, -0.15) is 0 Å². The smallest absolute Gasteiger partial charge is 0.0410 e. The molecule has 1 heterocycles. The van der Waals surface area contributed by atoms with Gasteiger partial charge in [-0.25, -0.2) is 0 Å². The second kappa shape index (κ2) is 5.69. The highest BCUT2D eigenvalue weighted by Gasteiger charge is 1.99. The van der Waals surface area contributed by atoms with Gasteiger partial charge in [0.15, 0.2) is 0 Å². The average molecular weight is 308 g/mol. The third-order valence-electron chi connectivity index (χ3n) is 2.65. The number of benzene rings is 1. The number of halogens is 1. The van der Waals surface area contributed by atoms with Gasteiger partial charge in [-0.3, -0.25) is 4.98 Å². The van der Waals surface area contributed by atoms with E-state index in [1.54, 1.807) is 0 Å². The van der Waals surface area contributed by atoms with E-state index in [1.807, 2.05) is 24.2 Å². The standard InChI is InChI=1S/C14H14BrNS/c1-10-3-4-14(5-11(10)2)17-9-12-6-13(15)8-16-7-12/h3-8H,9H2,1-2H3. The van der Waals surface area contributed by atoms with Crippen molar-refractivity contribution < 1.29 is 0 Å². The molecular formula is C14H14BrNS. The minimum Gasteiger partial charge on any atom is -0.263 e. The zero-order valence-electron chi connectivity index (χ0n) is 9.90. The highest BCUT2D eigenvalue weighted by molar-refractivity contribution is 9.10. The zero-order chi connectivity index (χ0) is 12.3. The van der Waals surface area contributed by atoms with Crippen LogP contribution in [0, 0.1) is 13.8 Å². The molecule has 0 aliphatic rings. The van der Waals surface area contributed by atoms with Gasteiger partial charge in [-0.05, 0) is 64.7 Å². The van der Waals surface area contributed by atoms with Gasteiger partial charge in [0.05, 0.1) is 0 Å². The normalized spacial score (nSPS) is 10.5. The van der Waals surface area contributed by atoms with E-state index in [0.29, 0.717) is 0 Å². The molecule has 0 spiro atoms. The maximum absolute atomic E-state index is 4.17. The second-order valence-corrected chi connectivity index (χ2v) is 6.01. The van der Waals surface area contributed by atoms with Crippen molar-refractivity contribution in [3.8, 4) is 0 Å². The Bertz CT molecular complexity index is 525. The van der Waals surface area contributed by atoms with Crippen LogP contribution in [0.1, 0.15) is 16.7 Å². The predicted octanol–water partition coefficient (Wildman–Crippen LogP) is 4.75. The molecule has 3 heteroatoms. The van der Waals surface area contributed by atoms with Crippen LogP contribution in [-0.4, -0.2) is 4.98 Å². The van der Waals surface area contributed by atoms with Crippen molar-refractivity contribution in [3.05, 3.63) is 57.8 Å². The average Bonchev–Trinajstić information content (AvgIpc) is 2.31.